The van der Waals surface area contributed by atoms with Crippen molar-refractivity contribution >= 4 is 28.7 Å². The lowest BCUT2D eigenvalue weighted by atomic mass is 9.78. The fourth-order valence-corrected chi connectivity index (χ4v) is 3.36. The second-order valence-electron chi connectivity index (χ2n) is 4.54. The summed E-state index contributed by atoms with van der Waals surface area (Å²) in [5.74, 6) is 0.859. The normalized spacial score (nSPS) is 23.4. The average molecular weight is 273 g/mol. The lowest BCUT2D eigenvalue weighted by Crippen LogP contribution is -2.32. The Kier molecular flexibility index (Phi) is 4.60. The molecule has 0 spiro atoms. The van der Waals surface area contributed by atoms with Crippen molar-refractivity contribution in [3.8, 4) is 0 Å². The van der Waals surface area contributed by atoms with Gasteiger partial charge in [-0.25, -0.2) is 0 Å². The van der Waals surface area contributed by atoms with E-state index in [4.69, 9.17) is 16.3 Å². The molecule has 2 nitrogen and oxygen atoms in total. The van der Waals surface area contributed by atoms with Crippen LogP contribution in [0, 0.1) is 5.92 Å². The number of rotatable bonds is 6. The predicted molar refractivity (Wildman–Crippen MR) is 70.8 cm³/mol. The maximum Gasteiger partial charge on any atom is 0.138 e. The Bertz CT molecular complexity index is 383. The molecule has 94 valence electrons. The molecule has 1 aliphatic carbocycles. The summed E-state index contributed by atoms with van der Waals surface area (Å²) in [4.78, 5) is 12.9. The molecule has 0 aliphatic heterocycles. The van der Waals surface area contributed by atoms with Crippen LogP contribution in [0.5, 0.6) is 0 Å². The smallest absolute Gasteiger partial charge is 0.138 e. The zero-order chi connectivity index (χ0) is 12.3. The van der Waals surface area contributed by atoms with E-state index in [0.717, 1.165) is 28.7 Å². The molecule has 0 bridgehead atoms. The molecule has 0 aromatic carbocycles. The number of carbonyl (C=O) groups is 1. The van der Waals surface area contributed by atoms with Crippen LogP contribution in [-0.4, -0.2) is 18.5 Å². The summed E-state index contributed by atoms with van der Waals surface area (Å²) in [5.41, 5.74) is 0. The Morgan fingerprint density at radius 1 is 1.53 bits per heavy atom. The first kappa shape index (κ1) is 13.1. The van der Waals surface area contributed by atoms with Gasteiger partial charge in [-0.3, -0.25) is 4.79 Å². The predicted octanol–water partition coefficient (Wildman–Crippen LogP) is 3.72. The van der Waals surface area contributed by atoms with Crippen LogP contribution in [0.1, 0.15) is 31.1 Å². The van der Waals surface area contributed by atoms with E-state index in [9.17, 15) is 4.79 Å². The van der Waals surface area contributed by atoms with Gasteiger partial charge >= 0.3 is 0 Å². The van der Waals surface area contributed by atoms with Gasteiger partial charge in [0.05, 0.1) is 10.4 Å². The first-order valence-electron chi connectivity index (χ1n) is 6.05. The Morgan fingerprint density at radius 3 is 2.88 bits per heavy atom. The van der Waals surface area contributed by atoms with E-state index in [1.165, 1.54) is 11.3 Å². The van der Waals surface area contributed by atoms with Crippen LogP contribution in [0.2, 0.25) is 4.34 Å². The third-order valence-corrected chi connectivity index (χ3v) is 4.34. The van der Waals surface area contributed by atoms with Crippen LogP contribution in [0.25, 0.3) is 0 Å². The van der Waals surface area contributed by atoms with Gasteiger partial charge in [-0.05, 0) is 37.8 Å². The van der Waals surface area contributed by atoms with Crippen molar-refractivity contribution in [2.24, 2.45) is 5.92 Å². The minimum atomic E-state index is 0.323. The number of thiophene rings is 1. The first-order valence-corrected chi connectivity index (χ1v) is 7.24. The number of Topliss-reactive ketones (excluding diaryl/α,β-unsaturated/α-hetero) is 1. The van der Waals surface area contributed by atoms with Gasteiger partial charge in [0.1, 0.15) is 5.78 Å². The lowest BCUT2D eigenvalue weighted by Gasteiger charge is -2.34. The van der Waals surface area contributed by atoms with Gasteiger partial charge in [0.25, 0.3) is 0 Å². The van der Waals surface area contributed by atoms with Gasteiger partial charge in [0, 0.05) is 24.3 Å². The molecule has 1 aromatic rings. The first-order chi connectivity index (χ1) is 8.17. The Morgan fingerprint density at radius 2 is 2.29 bits per heavy atom. The standard InChI is InChI=1S/C13H17ClO2S/c1-2-16-11-6-9(7-11)5-10(15)8-12-3-4-13(14)17-12/h3-4,9,11H,2,5-8H2,1H3. The highest BCUT2D eigenvalue weighted by Gasteiger charge is 2.30. The van der Waals surface area contributed by atoms with Crippen LogP contribution in [0.15, 0.2) is 12.1 Å². The van der Waals surface area contributed by atoms with E-state index >= 15 is 0 Å². The van der Waals surface area contributed by atoms with Crippen molar-refractivity contribution in [3.05, 3.63) is 21.3 Å². The summed E-state index contributed by atoms with van der Waals surface area (Å²) in [5, 5.41) is 0. The third kappa shape index (κ3) is 3.80. The van der Waals surface area contributed by atoms with Gasteiger partial charge in [-0.2, -0.15) is 0 Å². The molecule has 1 heterocycles. The van der Waals surface area contributed by atoms with Gasteiger partial charge in [-0.1, -0.05) is 11.6 Å². The van der Waals surface area contributed by atoms with E-state index in [1.807, 2.05) is 19.1 Å². The minimum Gasteiger partial charge on any atom is -0.378 e. The zero-order valence-electron chi connectivity index (χ0n) is 9.95. The lowest BCUT2D eigenvalue weighted by molar-refractivity contribution is -0.121. The summed E-state index contributed by atoms with van der Waals surface area (Å²) in [6.45, 7) is 2.79. The topological polar surface area (TPSA) is 26.3 Å². The number of halogens is 1. The maximum atomic E-state index is 11.8. The number of hydrogen-bond acceptors (Lipinski definition) is 3. The molecule has 0 saturated heterocycles. The number of ketones is 1. The van der Waals surface area contributed by atoms with Crippen LogP contribution < -0.4 is 0 Å². The summed E-state index contributed by atoms with van der Waals surface area (Å²) >= 11 is 7.33. The van der Waals surface area contributed by atoms with Gasteiger partial charge in [-0.15, -0.1) is 11.3 Å². The van der Waals surface area contributed by atoms with Crippen molar-refractivity contribution in [3.63, 3.8) is 0 Å². The zero-order valence-corrected chi connectivity index (χ0v) is 11.5. The van der Waals surface area contributed by atoms with Crippen LogP contribution >= 0.6 is 22.9 Å². The van der Waals surface area contributed by atoms with Crippen LogP contribution in [0.4, 0.5) is 0 Å². The molecule has 1 fully saturated rings. The Balaban J connectivity index is 1.69. The molecule has 2 rings (SSSR count). The number of carbonyl (C=O) groups excluding carboxylic acids is 1. The van der Waals surface area contributed by atoms with Crippen molar-refractivity contribution in [2.75, 3.05) is 6.61 Å². The molecule has 0 atom stereocenters. The molecule has 1 saturated carbocycles. The van der Waals surface area contributed by atoms with Crippen LogP contribution in [-0.2, 0) is 16.0 Å². The molecule has 0 N–H and O–H groups in total. The summed E-state index contributed by atoms with van der Waals surface area (Å²) in [7, 11) is 0. The quantitative estimate of drug-likeness (QED) is 0.789. The summed E-state index contributed by atoms with van der Waals surface area (Å²) in [6.07, 6.45) is 3.72. The van der Waals surface area contributed by atoms with E-state index in [-0.39, 0.29) is 0 Å². The second kappa shape index (κ2) is 5.98. The highest BCUT2D eigenvalue weighted by Crippen LogP contribution is 2.33. The van der Waals surface area contributed by atoms with Crippen molar-refractivity contribution in [2.45, 2.75) is 38.7 Å². The van der Waals surface area contributed by atoms with Gasteiger partial charge in [0.15, 0.2) is 0 Å². The molecule has 0 unspecified atom stereocenters. The van der Waals surface area contributed by atoms with Gasteiger partial charge in [0.2, 0.25) is 0 Å². The Hall–Kier alpha value is -0.380. The van der Waals surface area contributed by atoms with Gasteiger partial charge < -0.3 is 4.74 Å². The largest absolute Gasteiger partial charge is 0.378 e. The van der Waals surface area contributed by atoms with Crippen LogP contribution in [0.3, 0.4) is 0 Å². The average Bonchev–Trinajstić information content (AvgIpc) is 2.61. The Labute approximate surface area is 111 Å². The maximum absolute atomic E-state index is 11.8. The molecule has 0 radical (unpaired) electrons. The fourth-order valence-electron chi connectivity index (χ4n) is 2.25. The molecular weight excluding hydrogens is 256 g/mol. The van der Waals surface area contributed by atoms with Crippen molar-refractivity contribution in [1.82, 2.24) is 0 Å². The molecule has 1 aliphatic rings. The molecule has 4 heteroatoms. The molecular formula is C13H17ClO2S. The SMILES string of the molecule is CCOC1CC(CC(=O)Cc2ccc(Cl)s2)C1. The van der Waals surface area contributed by atoms with E-state index in [0.29, 0.717) is 30.6 Å². The minimum absolute atomic E-state index is 0.323. The molecule has 17 heavy (non-hydrogen) atoms. The third-order valence-electron chi connectivity index (χ3n) is 3.11. The highest BCUT2D eigenvalue weighted by molar-refractivity contribution is 7.16. The second-order valence-corrected chi connectivity index (χ2v) is 6.34. The number of ether oxygens (including phenoxy) is 1. The highest BCUT2D eigenvalue weighted by atomic mass is 35.5. The summed E-state index contributed by atoms with van der Waals surface area (Å²) < 4.78 is 6.24. The number of hydrogen-bond donors (Lipinski definition) is 0. The molecule has 0 amide bonds. The van der Waals surface area contributed by atoms with Crippen molar-refractivity contribution in [1.29, 1.82) is 0 Å². The summed E-state index contributed by atoms with van der Waals surface area (Å²) in [6, 6.07) is 3.79. The van der Waals surface area contributed by atoms with E-state index in [1.54, 1.807) is 0 Å². The van der Waals surface area contributed by atoms with E-state index < -0.39 is 0 Å². The van der Waals surface area contributed by atoms with Crippen molar-refractivity contribution < 1.29 is 9.53 Å². The fraction of sp³-hybridized carbons (Fsp3) is 0.615. The van der Waals surface area contributed by atoms with E-state index in [2.05, 4.69) is 0 Å². The monoisotopic (exact) mass is 272 g/mol. The molecule has 1 aromatic heterocycles.